The highest BCUT2D eigenvalue weighted by atomic mass is 32.1. The fourth-order valence-corrected chi connectivity index (χ4v) is 3.95. The van der Waals surface area contributed by atoms with Crippen LogP contribution in [-0.2, 0) is 6.54 Å². The fraction of sp³-hybridized carbons (Fsp3) is 0.278. The molecule has 0 saturated heterocycles. The van der Waals surface area contributed by atoms with E-state index in [1.165, 1.54) is 5.69 Å². The van der Waals surface area contributed by atoms with Crippen molar-refractivity contribution in [3.8, 4) is 10.7 Å². The van der Waals surface area contributed by atoms with Crippen LogP contribution >= 0.6 is 11.3 Å². The number of aromatic nitrogens is 3. The maximum absolute atomic E-state index is 12.9. The number of carbonyl (C=O) groups is 1. The predicted molar refractivity (Wildman–Crippen MR) is 93.8 cm³/mol. The molecule has 3 aromatic rings. The number of fused-ring (bicyclic) bond motifs is 1. The summed E-state index contributed by atoms with van der Waals surface area (Å²) in [4.78, 5) is 24.6. The van der Waals surface area contributed by atoms with E-state index in [1.807, 2.05) is 28.5 Å². The molecule has 1 atom stereocenters. The van der Waals surface area contributed by atoms with E-state index in [-0.39, 0.29) is 11.9 Å². The topological polar surface area (TPSA) is 51.0 Å². The van der Waals surface area contributed by atoms with Crippen LogP contribution < -0.4 is 0 Å². The standard InChI is InChI=1S/C18H18N4OS/c1-2-14-15-5-3-7-21(15)8-9-22(14)18(23)13-11-19-17(20-12-13)16-6-4-10-24-16/h3-7,10-12,14H,2,8-9H2,1H3/t14-/m0/s1. The van der Waals surface area contributed by atoms with Gasteiger partial charge < -0.3 is 9.47 Å². The quantitative estimate of drug-likeness (QED) is 0.733. The summed E-state index contributed by atoms with van der Waals surface area (Å²) >= 11 is 1.59. The zero-order valence-electron chi connectivity index (χ0n) is 13.4. The molecule has 4 rings (SSSR count). The molecule has 1 aliphatic rings. The van der Waals surface area contributed by atoms with Gasteiger partial charge in [-0.3, -0.25) is 4.79 Å². The summed E-state index contributed by atoms with van der Waals surface area (Å²) in [7, 11) is 0. The Labute approximate surface area is 144 Å². The van der Waals surface area contributed by atoms with Gasteiger partial charge in [-0.15, -0.1) is 11.3 Å². The molecule has 0 unspecified atom stereocenters. The van der Waals surface area contributed by atoms with Gasteiger partial charge in [0.05, 0.1) is 16.5 Å². The van der Waals surface area contributed by atoms with E-state index in [1.54, 1.807) is 23.7 Å². The van der Waals surface area contributed by atoms with Crippen molar-refractivity contribution in [2.75, 3.05) is 6.54 Å². The van der Waals surface area contributed by atoms with Gasteiger partial charge in [-0.25, -0.2) is 9.97 Å². The molecule has 6 heteroatoms. The molecule has 0 fully saturated rings. The molecule has 122 valence electrons. The molecule has 0 radical (unpaired) electrons. The van der Waals surface area contributed by atoms with E-state index in [2.05, 4.69) is 33.7 Å². The molecule has 0 bridgehead atoms. The zero-order chi connectivity index (χ0) is 16.5. The van der Waals surface area contributed by atoms with Crippen LogP contribution in [0.25, 0.3) is 10.7 Å². The first kappa shape index (κ1) is 15.1. The molecular weight excluding hydrogens is 320 g/mol. The van der Waals surface area contributed by atoms with Gasteiger partial charge in [0.1, 0.15) is 0 Å². The molecule has 1 amide bonds. The minimum Gasteiger partial charge on any atom is -0.348 e. The summed E-state index contributed by atoms with van der Waals surface area (Å²) in [5, 5.41) is 1.99. The molecule has 1 aliphatic heterocycles. The molecule has 0 spiro atoms. The Hall–Kier alpha value is -2.47. The first-order valence-corrected chi connectivity index (χ1v) is 8.98. The average Bonchev–Trinajstić information content (AvgIpc) is 3.31. The fourth-order valence-electron chi connectivity index (χ4n) is 3.27. The van der Waals surface area contributed by atoms with E-state index >= 15 is 0 Å². The first-order valence-electron chi connectivity index (χ1n) is 8.10. The van der Waals surface area contributed by atoms with Crippen molar-refractivity contribution in [3.63, 3.8) is 0 Å². The predicted octanol–water partition coefficient (Wildman–Crippen LogP) is 3.61. The van der Waals surface area contributed by atoms with Crippen LogP contribution in [0, 0.1) is 0 Å². The van der Waals surface area contributed by atoms with Gasteiger partial charge in [-0.05, 0) is 30.0 Å². The van der Waals surface area contributed by atoms with E-state index in [0.29, 0.717) is 17.9 Å². The summed E-state index contributed by atoms with van der Waals surface area (Å²) in [5.74, 6) is 0.674. The minimum atomic E-state index is 0.00651. The largest absolute Gasteiger partial charge is 0.348 e. The van der Waals surface area contributed by atoms with Crippen LogP contribution in [0.3, 0.4) is 0 Å². The van der Waals surface area contributed by atoms with Gasteiger partial charge >= 0.3 is 0 Å². The summed E-state index contributed by atoms with van der Waals surface area (Å²) in [6.45, 7) is 3.66. The Morgan fingerprint density at radius 3 is 2.79 bits per heavy atom. The minimum absolute atomic E-state index is 0.00651. The lowest BCUT2D eigenvalue weighted by molar-refractivity contribution is 0.0617. The molecule has 5 nitrogen and oxygen atoms in total. The van der Waals surface area contributed by atoms with E-state index in [0.717, 1.165) is 17.8 Å². The molecule has 0 N–H and O–H groups in total. The van der Waals surface area contributed by atoms with Gasteiger partial charge in [0.25, 0.3) is 5.91 Å². The van der Waals surface area contributed by atoms with Gasteiger partial charge in [-0.2, -0.15) is 0 Å². The maximum Gasteiger partial charge on any atom is 0.257 e. The smallest absolute Gasteiger partial charge is 0.257 e. The van der Waals surface area contributed by atoms with Crippen molar-refractivity contribution in [3.05, 3.63) is 59.5 Å². The summed E-state index contributed by atoms with van der Waals surface area (Å²) in [6.07, 6.45) is 6.26. The summed E-state index contributed by atoms with van der Waals surface area (Å²) < 4.78 is 2.23. The Bertz CT molecular complexity index is 838. The van der Waals surface area contributed by atoms with Crippen LogP contribution in [0.1, 0.15) is 35.4 Å². The normalized spacial score (nSPS) is 16.9. The van der Waals surface area contributed by atoms with Gasteiger partial charge in [0.2, 0.25) is 0 Å². The van der Waals surface area contributed by atoms with E-state index in [9.17, 15) is 4.79 Å². The molecule has 0 aliphatic carbocycles. The SMILES string of the molecule is CC[C@H]1c2cccn2CCN1C(=O)c1cnc(-c2cccs2)nc1. The number of hydrogen-bond donors (Lipinski definition) is 0. The lowest BCUT2D eigenvalue weighted by Crippen LogP contribution is -2.41. The lowest BCUT2D eigenvalue weighted by atomic mass is 10.1. The van der Waals surface area contributed by atoms with Crippen molar-refractivity contribution in [1.82, 2.24) is 19.4 Å². The Morgan fingerprint density at radius 2 is 2.08 bits per heavy atom. The third-order valence-electron chi connectivity index (χ3n) is 4.45. The van der Waals surface area contributed by atoms with Crippen molar-refractivity contribution in [2.45, 2.75) is 25.9 Å². The lowest BCUT2D eigenvalue weighted by Gasteiger charge is -2.36. The molecule has 0 aromatic carbocycles. The van der Waals surface area contributed by atoms with Crippen molar-refractivity contribution in [2.24, 2.45) is 0 Å². The molecule has 0 saturated carbocycles. The van der Waals surface area contributed by atoms with E-state index in [4.69, 9.17) is 0 Å². The van der Waals surface area contributed by atoms with Crippen molar-refractivity contribution in [1.29, 1.82) is 0 Å². The molecule has 4 heterocycles. The summed E-state index contributed by atoms with van der Waals surface area (Å²) in [6, 6.07) is 8.21. The van der Waals surface area contributed by atoms with Crippen molar-refractivity contribution >= 4 is 17.2 Å². The average molecular weight is 338 g/mol. The Balaban J connectivity index is 1.59. The number of thiophene rings is 1. The van der Waals surface area contributed by atoms with Crippen LogP contribution in [0.4, 0.5) is 0 Å². The molecule has 3 aromatic heterocycles. The zero-order valence-corrected chi connectivity index (χ0v) is 14.2. The number of carbonyl (C=O) groups excluding carboxylic acids is 1. The summed E-state index contributed by atoms with van der Waals surface area (Å²) in [5.41, 5.74) is 1.75. The highest BCUT2D eigenvalue weighted by Crippen LogP contribution is 2.30. The second-order valence-corrected chi connectivity index (χ2v) is 6.77. The third-order valence-corrected chi connectivity index (χ3v) is 5.32. The third kappa shape index (κ3) is 2.53. The number of nitrogens with zero attached hydrogens (tertiary/aromatic N) is 4. The van der Waals surface area contributed by atoms with Gasteiger partial charge in [-0.1, -0.05) is 13.0 Å². The second-order valence-electron chi connectivity index (χ2n) is 5.82. The molecular formula is C18H18N4OS. The van der Waals surface area contributed by atoms with Gasteiger partial charge in [0.15, 0.2) is 5.82 Å². The van der Waals surface area contributed by atoms with Crippen LogP contribution in [-0.4, -0.2) is 31.9 Å². The molecule has 24 heavy (non-hydrogen) atoms. The van der Waals surface area contributed by atoms with Gasteiger partial charge in [0, 0.05) is 37.4 Å². The highest BCUT2D eigenvalue weighted by Gasteiger charge is 2.30. The van der Waals surface area contributed by atoms with Crippen molar-refractivity contribution < 1.29 is 4.79 Å². The monoisotopic (exact) mass is 338 g/mol. The number of rotatable bonds is 3. The highest BCUT2D eigenvalue weighted by molar-refractivity contribution is 7.13. The second kappa shape index (κ2) is 6.20. The maximum atomic E-state index is 12.9. The van der Waals surface area contributed by atoms with Crippen LogP contribution in [0.15, 0.2) is 48.2 Å². The number of amides is 1. The van der Waals surface area contributed by atoms with Crippen LogP contribution in [0.5, 0.6) is 0 Å². The van der Waals surface area contributed by atoms with Crippen LogP contribution in [0.2, 0.25) is 0 Å². The first-order chi connectivity index (χ1) is 11.8. The Morgan fingerprint density at radius 1 is 1.25 bits per heavy atom. The Kier molecular flexibility index (Phi) is 3.90. The van der Waals surface area contributed by atoms with E-state index < -0.39 is 0 Å². The number of hydrogen-bond acceptors (Lipinski definition) is 4.